The van der Waals surface area contributed by atoms with Crippen molar-refractivity contribution in [2.75, 3.05) is 5.32 Å². The van der Waals surface area contributed by atoms with Gasteiger partial charge in [0.25, 0.3) is 5.91 Å². The van der Waals surface area contributed by atoms with Crippen LogP contribution in [0.1, 0.15) is 34.6 Å². The number of rotatable bonds is 4. The Morgan fingerprint density at radius 1 is 1.05 bits per heavy atom. The van der Waals surface area contributed by atoms with Crippen molar-refractivity contribution in [1.82, 2.24) is 0 Å². The lowest BCUT2D eigenvalue weighted by Gasteiger charge is -2.09. The summed E-state index contributed by atoms with van der Waals surface area (Å²) >= 11 is 0. The molecule has 2 aromatic rings. The zero-order valence-corrected chi connectivity index (χ0v) is 12.3. The van der Waals surface area contributed by atoms with Crippen LogP contribution in [0.25, 0.3) is 0 Å². The highest BCUT2D eigenvalue weighted by Gasteiger charge is 2.12. The molecule has 5 heteroatoms. The fraction of sp³-hybridized carbons (Fsp3) is 0.176. The Balaban J connectivity index is 2.07. The van der Waals surface area contributed by atoms with Crippen LogP contribution in [0.3, 0.4) is 0 Å². The summed E-state index contributed by atoms with van der Waals surface area (Å²) in [4.78, 5) is 23.7. The fourth-order valence-electron chi connectivity index (χ4n) is 1.82. The molecule has 0 aliphatic rings. The summed E-state index contributed by atoms with van der Waals surface area (Å²) in [6.45, 7) is 3.53. The van der Waals surface area contributed by atoms with E-state index in [1.807, 2.05) is 0 Å². The van der Waals surface area contributed by atoms with Gasteiger partial charge in [-0.3, -0.25) is 4.79 Å². The Labute approximate surface area is 127 Å². The highest BCUT2D eigenvalue weighted by molar-refractivity contribution is 6.04. The molecule has 0 saturated carbocycles. The van der Waals surface area contributed by atoms with Crippen molar-refractivity contribution in [3.63, 3.8) is 0 Å². The van der Waals surface area contributed by atoms with E-state index in [-0.39, 0.29) is 11.7 Å². The van der Waals surface area contributed by atoms with Gasteiger partial charge in [-0.2, -0.15) is 0 Å². The standard InChI is InChI=1S/C17H16FNO3/c1-11(2)22-17(21)12-7-9-13(10-8-12)19-16(20)14-5-3-4-6-15(14)18/h3-11H,1-2H3,(H,19,20). The van der Waals surface area contributed by atoms with E-state index in [1.54, 1.807) is 44.2 Å². The summed E-state index contributed by atoms with van der Waals surface area (Å²) < 4.78 is 18.6. The molecule has 0 fully saturated rings. The molecule has 4 nitrogen and oxygen atoms in total. The highest BCUT2D eigenvalue weighted by Crippen LogP contribution is 2.14. The number of esters is 1. The Hall–Kier alpha value is -2.69. The minimum Gasteiger partial charge on any atom is -0.459 e. The van der Waals surface area contributed by atoms with E-state index in [4.69, 9.17) is 4.74 Å². The molecule has 0 aliphatic heterocycles. The van der Waals surface area contributed by atoms with Crippen LogP contribution in [0.15, 0.2) is 48.5 Å². The third-order valence-electron chi connectivity index (χ3n) is 2.84. The molecule has 22 heavy (non-hydrogen) atoms. The number of benzene rings is 2. The molecule has 2 rings (SSSR count). The number of carbonyl (C=O) groups excluding carboxylic acids is 2. The Bertz CT molecular complexity index is 681. The van der Waals surface area contributed by atoms with Gasteiger partial charge in [0.2, 0.25) is 0 Å². The molecule has 114 valence electrons. The third kappa shape index (κ3) is 3.91. The molecular weight excluding hydrogens is 285 g/mol. The molecule has 0 aliphatic carbocycles. The van der Waals surface area contributed by atoms with Crippen molar-refractivity contribution < 1.29 is 18.7 Å². The number of anilines is 1. The first kappa shape index (κ1) is 15.7. The Morgan fingerprint density at radius 2 is 1.68 bits per heavy atom. The minimum absolute atomic E-state index is 0.0363. The maximum absolute atomic E-state index is 13.5. The van der Waals surface area contributed by atoms with Gasteiger partial charge in [-0.25, -0.2) is 9.18 Å². The summed E-state index contributed by atoms with van der Waals surface area (Å²) in [6.07, 6.45) is -0.201. The summed E-state index contributed by atoms with van der Waals surface area (Å²) in [7, 11) is 0. The molecule has 0 unspecified atom stereocenters. The van der Waals surface area contributed by atoms with Crippen LogP contribution < -0.4 is 5.32 Å². The van der Waals surface area contributed by atoms with Gasteiger partial charge < -0.3 is 10.1 Å². The number of hydrogen-bond acceptors (Lipinski definition) is 3. The predicted octanol–water partition coefficient (Wildman–Crippen LogP) is 3.64. The topological polar surface area (TPSA) is 55.4 Å². The van der Waals surface area contributed by atoms with Gasteiger partial charge in [-0.05, 0) is 50.2 Å². The van der Waals surface area contributed by atoms with Crippen LogP contribution in [0, 0.1) is 5.82 Å². The van der Waals surface area contributed by atoms with E-state index in [2.05, 4.69) is 5.32 Å². The largest absolute Gasteiger partial charge is 0.459 e. The maximum Gasteiger partial charge on any atom is 0.338 e. The number of amides is 1. The lowest BCUT2D eigenvalue weighted by Crippen LogP contribution is -2.14. The molecule has 1 amide bonds. The zero-order chi connectivity index (χ0) is 16.1. The Morgan fingerprint density at radius 3 is 2.27 bits per heavy atom. The van der Waals surface area contributed by atoms with Crippen molar-refractivity contribution in [1.29, 1.82) is 0 Å². The van der Waals surface area contributed by atoms with Gasteiger partial charge >= 0.3 is 5.97 Å². The number of carbonyl (C=O) groups is 2. The van der Waals surface area contributed by atoms with E-state index in [1.165, 1.54) is 18.2 Å². The third-order valence-corrected chi connectivity index (χ3v) is 2.84. The summed E-state index contributed by atoms with van der Waals surface area (Å²) in [5.41, 5.74) is 0.817. The lowest BCUT2D eigenvalue weighted by molar-refractivity contribution is 0.0378. The molecular formula is C17H16FNO3. The number of hydrogen-bond donors (Lipinski definition) is 1. The molecule has 0 radical (unpaired) electrons. The van der Waals surface area contributed by atoms with Crippen molar-refractivity contribution in [2.24, 2.45) is 0 Å². The first-order valence-corrected chi connectivity index (χ1v) is 6.84. The molecule has 0 heterocycles. The van der Waals surface area contributed by atoms with Crippen LogP contribution in [-0.2, 0) is 4.74 Å². The number of ether oxygens (including phenoxy) is 1. The Kier molecular flexibility index (Phi) is 4.88. The van der Waals surface area contributed by atoms with E-state index in [9.17, 15) is 14.0 Å². The van der Waals surface area contributed by atoms with Crippen LogP contribution in [0.4, 0.5) is 10.1 Å². The van der Waals surface area contributed by atoms with Crippen molar-refractivity contribution in [3.8, 4) is 0 Å². The van der Waals surface area contributed by atoms with Crippen LogP contribution in [-0.4, -0.2) is 18.0 Å². The van der Waals surface area contributed by atoms with Gasteiger partial charge in [0.05, 0.1) is 17.2 Å². The molecule has 0 spiro atoms. The van der Waals surface area contributed by atoms with E-state index in [0.717, 1.165) is 0 Å². The van der Waals surface area contributed by atoms with Gasteiger partial charge in [0.1, 0.15) is 5.82 Å². The number of nitrogens with one attached hydrogen (secondary N) is 1. The van der Waals surface area contributed by atoms with Gasteiger partial charge in [-0.15, -0.1) is 0 Å². The molecule has 0 saturated heterocycles. The molecule has 0 bridgehead atoms. The van der Waals surface area contributed by atoms with Crippen molar-refractivity contribution in [2.45, 2.75) is 20.0 Å². The average Bonchev–Trinajstić information content (AvgIpc) is 2.47. The molecule has 1 N–H and O–H groups in total. The zero-order valence-electron chi connectivity index (χ0n) is 12.3. The maximum atomic E-state index is 13.5. The monoisotopic (exact) mass is 301 g/mol. The summed E-state index contributed by atoms with van der Waals surface area (Å²) in [6, 6.07) is 11.9. The van der Waals surface area contributed by atoms with Gasteiger partial charge in [0.15, 0.2) is 0 Å². The van der Waals surface area contributed by atoms with Gasteiger partial charge in [-0.1, -0.05) is 12.1 Å². The van der Waals surface area contributed by atoms with Crippen LogP contribution in [0.2, 0.25) is 0 Å². The average molecular weight is 301 g/mol. The van der Waals surface area contributed by atoms with Crippen molar-refractivity contribution in [3.05, 3.63) is 65.5 Å². The lowest BCUT2D eigenvalue weighted by atomic mass is 10.1. The smallest absolute Gasteiger partial charge is 0.338 e. The molecule has 2 aromatic carbocycles. The fourth-order valence-corrected chi connectivity index (χ4v) is 1.82. The van der Waals surface area contributed by atoms with E-state index >= 15 is 0 Å². The molecule has 0 atom stereocenters. The summed E-state index contributed by atoms with van der Waals surface area (Å²) in [5.74, 6) is -1.56. The second kappa shape index (κ2) is 6.85. The predicted molar refractivity (Wildman–Crippen MR) is 81.3 cm³/mol. The second-order valence-corrected chi connectivity index (χ2v) is 4.97. The quantitative estimate of drug-likeness (QED) is 0.877. The van der Waals surface area contributed by atoms with E-state index in [0.29, 0.717) is 11.3 Å². The van der Waals surface area contributed by atoms with Crippen LogP contribution in [0.5, 0.6) is 0 Å². The second-order valence-electron chi connectivity index (χ2n) is 4.97. The first-order valence-electron chi connectivity index (χ1n) is 6.84. The van der Waals surface area contributed by atoms with Crippen LogP contribution >= 0.6 is 0 Å². The SMILES string of the molecule is CC(C)OC(=O)c1ccc(NC(=O)c2ccccc2F)cc1. The normalized spacial score (nSPS) is 10.4. The first-order chi connectivity index (χ1) is 10.5. The number of halogens is 1. The van der Waals surface area contributed by atoms with E-state index < -0.39 is 17.7 Å². The molecule has 0 aromatic heterocycles. The highest BCUT2D eigenvalue weighted by atomic mass is 19.1. The van der Waals surface area contributed by atoms with Crippen molar-refractivity contribution >= 4 is 17.6 Å². The summed E-state index contributed by atoms with van der Waals surface area (Å²) in [5, 5.41) is 2.57. The minimum atomic E-state index is -0.586. The van der Waals surface area contributed by atoms with Gasteiger partial charge in [0, 0.05) is 5.69 Å².